The molecule has 0 radical (unpaired) electrons. The normalized spacial score (nSPS) is 23.7. The number of imide groups is 1. The zero-order chi connectivity index (χ0) is 32.7. The lowest BCUT2D eigenvalue weighted by molar-refractivity contribution is -0.136. The smallest absolute Gasteiger partial charge is 0.255 e. The number of nitrogens with one attached hydrogen (secondary N) is 1. The summed E-state index contributed by atoms with van der Waals surface area (Å²) in [5, 5.41) is 2.39. The molecule has 2 aromatic rings. The minimum Gasteiger partial charge on any atom is -0.495 e. The number of carbonyl (C=O) groups is 3. The first-order valence-corrected chi connectivity index (χ1v) is 17.7. The molecule has 1 atom stereocenters. The number of methoxy groups -OCH3 is 1. The Morgan fingerprint density at radius 3 is 2.32 bits per heavy atom. The maximum atomic E-state index is 13.1. The molecule has 7 rings (SSSR count). The van der Waals surface area contributed by atoms with Crippen molar-refractivity contribution in [3.63, 3.8) is 0 Å². The Kier molecular flexibility index (Phi) is 8.80. The van der Waals surface area contributed by atoms with Crippen LogP contribution in [0.1, 0.15) is 79.8 Å². The van der Waals surface area contributed by atoms with Crippen molar-refractivity contribution >= 4 is 34.8 Å². The molecule has 5 aliphatic rings. The molecule has 1 spiro atoms. The summed E-state index contributed by atoms with van der Waals surface area (Å²) in [5.41, 5.74) is 12.8. The molecule has 252 valence electrons. The number of anilines is 3. The minimum atomic E-state index is -0.571. The van der Waals surface area contributed by atoms with Crippen LogP contribution in [0.5, 0.6) is 5.75 Å². The maximum Gasteiger partial charge on any atom is 0.255 e. The number of hydrogen-bond donors (Lipinski definition) is 2. The second-order valence-electron chi connectivity index (χ2n) is 14.5. The zero-order valence-electron chi connectivity index (χ0n) is 28.1. The molecule has 4 fully saturated rings. The number of likely N-dealkylation sites (tertiary alicyclic amines) is 1. The first kappa shape index (κ1) is 31.8. The molecular formula is C37H50N6O4. The highest BCUT2D eigenvalue weighted by atomic mass is 16.5. The number of nitrogens with two attached hydrogens (primary N) is 1. The Bertz CT molecular complexity index is 1520. The van der Waals surface area contributed by atoms with Crippen LogP contribution in [0.2, 0.25) is 0 Å². The molecule has 47 heavy (non-hydrogen) atoms. The number of carbonyl (C=O) groups excluding carboxylic acids is 3. The first-order chi connectivity index (χ1) is 22.8. The summed E-state index contributed by atoms with van der Waals surface area (Å²) in [6, 6.07) is 9.80. The summed E-state index contributed by atoms with van der Waals surface area (Å²) in [5.74, 6) is 0.797. The summed E-state index contributed by atoms with van der Waals surface area (Å²) in [7, 11) is 1.69. The van der Waals surface area contributed by atoms with Crippen molar-refractivity contribution in [3.05, 3.63) is 47.0 Å². The summed E-state index contributed by atoms with van der Waals surface area (Å²) in [6.45, 7) is 10.5. The van der Waals surface area contributed by atoms with Gasteiger partial charge >= 0.3 is 0 Å². The van der Waals surface area contributed by atoms with Gasteiger partial charge in [0.2, 0.25) is 11.8 Å². The second-order valence-corrected chi connectivity index (χ2v) is 14.5. The molecule has 1 unspecified atom stereocenters. The summed E-state index contributed by atoms with van der Waals surface area (Å²) >= 11 is 0. The quantitative estimate of drug-likeness (QED) is 0.342. The molecule has 0 aromatic heterocycles. The standard InChI is InChI=1S/C37H50N6O4/c1-3-26-21-30(38)33(47-2)22-32(26)42-14-8-25(9-15-42)23-40-16-10-37(11-17-40)12-18-41(19-13-37)28-4-5-29-27(20-28)24-43(36(29)46)31-6-7-34(44)39-35(31)45/h4-5,20-22,25,31H,3,6-19,23-24,38H2,1-2H3,(H,39,44,45). The van der Waals surface area contributed by atoms with Crippen LogP contribution >= 0.6 is 0 Å². The molecular weight excluding hydrogens is 592 g/mol. The maximum absolute atomic E-state index is 13.1. The van der Waals surface area contributed by atoms with Gasteiger partial charge in [0, 0.05) is 68.7 Å². The number of nitrogen functional groups attached to an aromatic ring is 1. The lowest BCUT2D eigenvalue weighted by atomic mass is 9.71. The molecule has 5 heterocycles. The number of benzene rings is 2. The summed E-state index contributed by atoms with van der Waals surface area (Å²) in [6.07, 6.45) is 9.07. The molecule has 2 aromatic carbocycles. The number of fused-ring (bicyclic) bond motifs is 1. The molecule has 10 nitrogen and oxygen atoms in total. The Labute approximate surface area is 278 Å². The van der Waals surface area contributed by atoms with Crippen LogP contribution in [0.25, 0.3) is 0 Å². The largest absolute Gasteiger partial charge is 0.495 e. The number of aryl methyl sites for hydroxylation is 1. The van der Waals surface area contributed by atoms with Crippen molar-refractivity contribution in [3.8, 4) is 5.75 Å². The predicted octanol–water partition coefficient (Wildman–Crippen LogP) is 4.20. The predicted molar refractivity (Wildman–Crippen MR) is 184 cm³/mol. The van der Waals surface area contributed by atoms with Gasteiger partial charge in [0.1, 0.15) is 11.8 Å². The fourth-order valence-electron chi connectivity index (χ4n) is 8.82. The SMILES string of the molecule is CCc1cc(N)c(OC)cc1N1CCC(CN2CCC3(CC2)CCN(c2ccc4c(c2)CN(C2CCC(=O)NC2=O)C4=O)CC3)CC1. The molecule has 5 aliphatic heterocycles. The van der Waals surface area contributed by atoms with Crippen LogP contribution in [-0.4, -0.2) is 86.5 Å². The van der Waals surface area contributed by atoms with Gasteiger partial charge in [0.05, 0.1) is 12.8 Å². The van der Waals surface area contributed by atoms with Crippen molar-refractivity contribution in [2.75, 3.05) is 68.5 Å². The summed E-state index contributed by atoms with van der Waals surface area (Å²) < 4.78 is 5.53. The number of piperidine rings is 4. The van der Waals surface area contributed by atoms with E-state index >= 15 is 0 Å². The van der Waals surface area contributed by atoms with Crippen LogP contribution in [-0.2, 0) is 22.6 Å². The zero-order valence-corrected chi connectivity index (χ0v) is 28.1. The average Bonchev–Trinajstić information content (AvgIpc) is 3.41. The first-order valence-electron chi connectivity index (χ1n) is 17.7. The topological polar surface area (TPSA) is 111 Å². The van der Waals surface area contributed by atoms with E-state index < -0.39 is 6.04 Å². The lowest BCUT2D eigenvalue weighted by Gasteiger charge is -2.48. The van der Waals surface area contributed by atoms with E-state index in [0.29, 0.717) is 23.9 Å². The van der Waals surface area contributed by atoms with Crippen LogP contribution in [0.3, 0.4) is 0 Å². The Balaban J connectivity index is 0.881. The Morgan fingerprint density at radius 2 is 1.64 bits per heavy atom. The van der Waals surface area contributed by atoms with E-state index in [1.165, 1.54) is 75.1 Å². The minimum absolute atomic E-state index is 0.107. The van der Waals surface area contributed by atoms with Crippen molar-refractivity contribution in [2.24, 2.45) is 11.3 Å². The van der Waals surface area contributed by atoms with Gasteiger partial charge in [-0.1, -0.05) is 6.92 Å². The van der Waals surface area contributed by atoms with E-state index in [4.69, 9.17) is 10.5 Å². The van der Waals surface area contributed by atoms with E-state index in [1.807, 2.05) is 6.07 Å². The van der Waals surface area contributed by atoms with E-state index in [-0.39, 0.29) is 24.1 Å². The molecule has 4 saturated heterocycles. The number of ether oxygens (including phenoxy) is 1. The fourth-order valence-corrected chi connectivity index (χ4v) is 8.82. The van der Waals surface area contributed by atoms with Crippen molar-refractivity contribution in [1.82, 2.24) is 15.1 Å². The van der Waals surface area contributed by atoms with Crippen LogP contribution in [0.15, 0.2) is 30.3 Å². The molecule has 0 aliphatic carbocycles. The number of rotatable bonds is 7. The van der Waals surface area contributed by atoms with Gasteiger partial charge in [-0.05, 0) is 111 Å². The number of amides is 3. The van der Waals surface area contributed by atoms with E-state index in [2.05, 4.69) is 51.2 Å². The van der Waals surface area contributed by atoms with Gasteiger partial charge < -0.3 is 30.1 Å². The Morgan fingerprint density at radius 1 is 0.915 bits per heavy atom. The van der Waals surface area contributed by atoms with Crippen LogP contribution < -0.4 is 25.6 Å². The van der Waals surface area contributed by atoms with Crippen LogP contribution in [0, 0.1) is 11.3 Å². The van der Waals surface area contributed by atoms with Gasteiger partial charge in [0.15, 0.2) is 0 Å². The van der Waals surface area contributed by atoms with E-state index in [9.17, 15) is 14.4 Å². The third-order valence-electron chi connectivity index (χ3n) is 11.9. The highest BCUT2D eigenvalue weighted by molar-refractivity contribution is 6.05. The fraction of sp³-hybridized carbons (Fsp3) is 0.595. The van der Waals surface area contributed by atoms with Gasteiger partial charge in [0.25, 0.3) is 5.91 Å². The number of hydrogen-bond acceptors (Lipinski definition) is 8. The highest BCUT2D eigenvalue weighted by Gasteiger charge is 2.41. The molecule has 3 N–H and O–H groups in total. The highest BCUT2D eigenvalue weighted by Crippen LogP contribution is 2.43. The summed E-state index contributed by atoms with van der Waals surface area (Å²) in [4.78, 5) is 46.5. The third-order valence-corrected chi connectivity index (χ3v) is 11.9. The van der Waals surface area contributed by atoms with Gasteiger partial charge in [-0.25, -0.2) is 0 Å². The molecule has 0 saturated carbocycles. The Hall–Kier alpha value is -3.79. The molecule has 10 heteroatoms. The van der Waals surface area contributed by atoms with Gasteiger partial charge in [-0.15, -0.1) is 0 Å². The van der Waals surface area contributed by atoms with Crippen molar-refractivity contribution in [2.45, 2.75) is 77.3 Å². The van der Waals surface area contributed by atoms with Crippen molar-refractivity contribution in [1.29, 1.82) is 0 Å². The van der Waals surface area contributed by atoms with E-state index in [1.54, 1.807) is 12.0 Å². The third kappa shape index (κ3) is 6.28. The average molecular weight is 643 g/mol. The second kappa shape index (κ2) is 13.0. The van der Waals surface area contributed by atoms with Crippen LogP contribution in [0.4, 0.5) is 17.1 Å². The molecule has 3 amide bonds. The van der Waals surface area contributed by atoms with Crippen molar-refractivity contribution < 1.29 is 19.1 Å². The molecule has 0 bridgehead atoms. The monoisotopic (exact) mass is 642 g/mol. The van der Waals surface area contributed by atoms with Gasteiger partial charge in [-0.3, -0.25) is 19.7 Å². The van der Waals surface area contributed by atoms with E-state index in [0.717, 1.165) is 55.5 Å². The van der Waals surface area contributed by atoms with Gasteiger partial charge in [-0.2, -0.15) is 0 Å². The number of nitrogens with zero attached hydrogens (tertiary/aromatic N) is 4. The lowest BCUT2D eigenvalue weighted by Crippen LogP contribution is -2.52.